The van der Waals surface area contributed by atoms with Crippen LogP contribution < -0.4 is 15.4 Å². The summed E-state index contributed by atoms with van der Waals surface area (Å²) in [6.07, 6.45) is -4.32. The summed E-state index contributed by atoms with van der Waals surface area (Å²) >= 11 is 0. The van der Waals surface area contributed by atoms with Gasteiger partial charge in [0.05, 0.1) is 6.33 Å². The van der Waals surface area contributed by atoms with E-state index in [0.717, 1.165) is 5.56 Å². The number of hydrogen-bond donors (Lipinski definition) is 2. The summed E-state index contributed by atoms with van der Waals surface area (Å²) in [7, 11) is 0. The Hall–Kier alpha value is -2.58. The van der Waals surface area contributed by atoms with Crippen LogP contribution in [0.3, 0.4) is 0 Å². The smallest absolute Gasteiger partial charge is 0.471 e. The first-order chi connectivity index (χ1) is 11.3. The minimum Gasteiger partial charge on any atom is -0.489 e. The molecule has 0 spiro atoms. The highest BCUT2D eigenvalue weighted by Crippen LogP contribution is 2.21. The second-order valence-corrected chi connectivity index (χ2v) is 5.06. The van der Waals surface area contributed by atoms with Crippen LogP contribution in [0.1, 0.15) is 15.9 Å². The number of hydrogen-bond acceptors (Lipinski definition) is 3. The highest BCUT2D eigenvalue weighted by molar-refractivity contribution is 5.96. The number of carbonyl (C=O) groups is 2. The Morgan fingerprint density at radius 1 is 1.38 bits per heavy atom. The van der Waals surface area contributed by atoms with Gasteiger partial charge in [-0.25, -0.2) is 4.39 Å². The van der Waals surface area contributed by atoms with Crippen LogP contribution in [0, 0.1) is 0 Å². The first kappa shape index (κ1) is 17.8. The van der Waals surface area contributed by atoms with Crippen molar-refractivity contribution >= 4 is 11.8 Å². The lowest BCUT2D eigenvalue weighted by molar-refractivity contribution is -0.173. The zero-order valence-corrected chi connectivity index (χ0v) is 12.4. The van der Waals surface area contributed by atoms with E-state index < -0.39 is 18.6 Å². The van der Waals surface area contributed by atoms with Gasteiger partial charge in [0.2, 0.25) is 0 Å². The normalized spacial score (nSPS) is 14.7. The molecule has 24 heavy (non-hydrogen) atoms. The van der Waals surface area contributed by atoms with Crippen LogP contribution in [0.25, 0.3) is 0 Å². The van der Waals surface area contributed by atoms with Crippen LogP contribution >= 0.6 is 0 Å². The Balaban J connectivity index is 1.92. The molecule has 0 unspecified atom stereocenters. The van der Waals surface area contributed by atoms with Crippen molar-refractivity contribution in [3.05, 3.63) is 41.2 Å². The SMILES string of the molecule is O=C1NCCc2cc(OC/C(=C/F)CNC(=O)C(F)(F)F)ccc21. The molecule has 0 saturated carbocycles. The predicted octanol–water partition coefficient (Wildman–Crippen LogP) is 1.88. The van der Waals surface area contributed by atoms with Gasteiger partial charge in [0.1, 0.15) is 12.4 Å². The Morgan fingerprint density at radius 3 is 2.79 bits per heavy atom. The second kappa shape index (κ2) is 7.33. The van der Waals surface area contributed by atoms with E-state index in [1.807, 2.05) is 0 Å². The van der Waals surface area contributed by atoms with Crippen LogP contribution in [-0.4, -0.2) is 37.7 Å². The standard InChI is InChI=1S/C15H14F4N2O3/c16-6-9(7-21-14(23)15(17,18)19)8-24-11-1-2-12-10(5-11)3-4-20-13(12)22/h1-2,5-6H,3-4,7-8H2,(H,20,22)(H,21,23)/b9-6+. The summed E-state index contributed by atoms with van der Waals surface area (Å²) in [6.45, 7) is -0.462. The summed E-state index contributed by atoms with van der Waals surface area (Å²) < 4.78 is 54.2. The van der Waals surface area contributed by atoms with Crippen molar-refractivity contribution in [2.75, 3.05) is 19.7 Å². The van der Waals surface area contributed by atoms with Crippen molar-refractivity contribution in [2.45, 2.75) is 12.6 Å². The van der Waals surface area contributed by atoms with Crippen molar-refractivity contribution in [3.63, 3.8) is 0 Å². The number of amides is 2. The second-order valence-electron chi connectivity index (χ2n) is 5.06. The van der Waals surface area contributed by atoms with Crippen LogP contribution in [-0.2, 0) is 11.2 Å². The lowest BCUT2D eigenvalue weighted by Crippen LogP contribution is -2.38. The monoisotopic (exact) mass is 346 g/mol. The van der Waals surface area contributed by atoms with Gasteiger partial charge in [-0.15, -0.1) is 0 Å². The van der Waals surface area contributed by atoms with Crippen LogP contribution in [0.15, 0.2) is 30.1 Å². The van der Waals surface area contributed by atoms with Gasteiger partial charge in [-0.05, 0) is 30.2 Å². The van der Waals surface area contributed by atoms with Gasteiger partial charge in [0.15, 0.2) is 0 Å². The summed E-state index contributed by atoms with van der Waals surface area (Å²) in [6, 6.07) is 4.69. The molecule has 2 amide bonds. The van der Waals surface area contributed by atoms with Gasteiger partial charge < -0.3 is 15.4 Å². The molecule has 1 heterocycles. The molecule has 0 saturated heterocycles. The fourth-order valence-electron chi connectivity index (χ4n) is 2.09. The van der Waals surface area contributed by atoms with Crippen molar-refractivity contribution in [3.8, 4) is 5.75 Å². The van der Waals surface area contributed by atoms with E-state index >= 15 is 0 Å². The maximum absolute atomic E-state index is 12.7. The van der Waals surface area contributed by atoms with Crippen LogP contribution in [0.4, 0.5) is 17.6 Å². The lowest BCUT2D eigenvalue weighted by Gasteiger charge is -2.17. The molecule has 1 aromatic rings. The molecule has 1 aliphatic heterocycles. The summed E-state index contributed by atoms with van der Waals surface area (Å²) in [5, 5.41) is 4.25. The maximum atomic E-state index is 12.7. The minimum atomic E-state index is -5.03. The molecular weight excluding hydrogens is 332 g/mol. The molecule has 2 rings (SSSR count). The van der Waals surface area contributed by atoms with Crippen LogP contribution in [0.2, 0.25) is 0 Å². The van der Waals surface area contributed by atoms with E-state index in [4.69, 9.17) is 4.74 Å². The van der Waals surface area contributed by atoms with Crippen molar-refractivity contribution in [2.24, 2.45) is 0 Å². The number of nitrogens with one attached hydrogen (secondary N) is 2. The van der Waals surface area contributed by atoms with Gasteiger partial charge >= 0.3 is 12.1 Å². The summed E-state index contributed by atoms with van der Waals surface area (Å²) in [4.78, 5) is 22.3. The van der Waals surface area contributed by atoms with Gasteiger partial charge in [0.25, 0.3) is 5.91 Å². The highest BCUT2D eigenvalue weighted by atomic mass is 19.4. The molecule has 0 atom stereocenters. The molecular formula is C15H14F4N2O3. The number of benzene rings is 1. The topological polar surface area (TPSA) is 67.4 Å². The number of alkyl halides is 3. The summed E-state index contributed by atoms with van der Waals surface area (Å²) in [5.74, 6) is -1.99. The lowest BCUT2D eigenvalue weighted by atomic mass is 10.0. The molecule has 0 aromatic heterocycles. The minimum absolute atomic E-state index is 0.0858. The maximum Gasteiger partial charge on any atom is 0.471 e. The average Bonchev–Trinajstić information content (AvgIpc) is 2.54. The average molecular weight is 346 g/mol. The molecule has 2 N–H and O–H groups in total. The third-order valence-electron chi connectivity index (χ3n) is 3.31. The van der Waals surface area contributed by atoms with Gasteiger partial charge in [0, 0.05) is 24.2 Å². The molecule has 9 heteroatoms. The number of fused-ring (bicyclic) bond motifs is 1. The van der Waals surface area contributed by atoms with Gasteiger partial charge in [-0.2, -0.15) is 13.2 Å². The van der Waals surface area contributed by atoms with Crippen molar-refractivity contribution in [1.82, 2.24) is 10.6 Å². The Labute approximate surface area is 134 Å². The van der Waals surface area contributed by atoms with Crippen molar-refractivity contribution in [1.29, 1.82) is 0 Å². The zero-order valence-electron chi connectivity index (χ0n) is 12.4. The molecule has 1 aliphatic rings. The fraction of sp³-hybridized carbons (Fsp3) is 0.333. The predicted molar refractivity (Wildman–Crippen MR) is 76.2 cm³/mol. The van der Waals surface area contributed by atoms with Gasteiger partial charge in [-0.3, -0.25) is 9.59 Å². The molecule has 0 aliphatic carbocycles. The van der Waals surface area contributed by atoms with E-state index in [2.05, 4.69) is 5.32 Å². The third-order valence-corrected chi connectivity index (χ3v) is 3.31. The van der Waals surface area contributed by atoms with E-state index in [1.165, 1.54) is 6.07 Å². The molecule has 130 valence electrons. The van der Waals surface area contributed by atoms with Gasteiger partial charge in [-0.1, -0.05) is 0 Å². The summed E-state index contributed by atoms with van der Waals surface area (Å²) in [5.41, 5.74) is 1.13. The Kier molecular flexibility index (Phi) is 5.42. The number of halogens is 4. The molecule has 0 fully saturated rings. The largest absolute Gasteiger partial charge is 0.489 e. The number of ether oxygens (including phenoxy) is 1. The molecule has 0 bridgehead atoms. The van der Waals surface area contributed by atoms with E-state index in [9.17, 15) is 27.2 Å². The Bertz CT molecular complexity index is 671. The fourth-order valence-corrected chi connectivity index (χ4v) is 2.09. The third kappa shape index (κ3) is 4.46. The van der Waals surface area contributed by atoms with E-state index in [0.29, 0.717) is 24.3 Å². The number of rotatable bonds is 5. The zero-order chi connectivity index (χ0) is 17.7. The van der Waals surface area contributed by atoms with Crippen molar-refractivity contribution < 1.29 is 31.9 Å². The van der Waals surface area contributed by atoms with E-state index in [-0.39, 0.29) is 24.4 Å². The molecule has 1 aromatic carbocycles. The highest BCUT2D eigenvalue weighted by Gasteiger charge is 2.38. The molecule has 0 radical (unpaired) electrons. The number of carbonyl (C=O) groups excluding carboxylic acids is 2. The Morgan fingerprint density at radius 2 is 2.12 bits per heavy atom. The first-order valence-corrected chi connectivity index (χ1v) is 6.98. The van der Waals surface area contributed by atoms with Crippen LogP contribution in [0.5, 0.6) is 5.75 Å². The first-order valence-electron chi connectivity index (χ1n) is 6.98. The van der Waals surface area contributed by atoms with E-state index in [1.54, 1.807) is 17.4 Å². The quantitative estimate of drug-likeness (QED) is 0.800. The molecule has 5 nitrogen and oxygen atoms in total.